The number of aryl methyl sites for hydroxylation is 2. The van der Waals surface area contributed by atoms with Crippen LogP contribution >= 0.6 is 0 Å². The first-order valence-electron chi connectivity index (χ1n) is 7.51. The Hall–Kier alpha value is -1.39. The van der Waals surface area contributed by atoms with Gasteiger partial charge in [-0.15, -0.1) is 0 Å². The standard InChI is InChI=1S/C17H27NO3/c1-6-14(17(20)21)18-8-7-15(19)16-12(4)10(2)9-11(3)13(16)5/h9,14-15,18-19H,6-8H2,1-5H3,(H,20,21). The van der Waals surface area contributed by atoms with E-state index >= 15 is 0 Å². The first-order valence-corrected chi connectivity index (χ1v) is 7.51. The maximum absolute atomic E-state index is 10.9. The van der Waals surface area contributed by atoms with Crippen LogP contribution in [0.15, 0.2) is 6.07 Å². The highest BCUT2D eigenvalue weighted by Crippen LogP contribution is 2.28. The smallest absolute Gasteiger partial charge is 0.320 e. The number of nitrogens with one attached hydrogen (secondary N) is 1. The van der Waals surface area contributed by atoms with Gasteiger partial charge in [0.2, 0.25) is 0 Å². The molecule has 0 fully saturated rings. The second-order valence-electron chi connectivity index (χ2n) is 5.73. The van der Waals surface area contributed by atoms with Gasteiger partial charge in [0.25, 0.3) is 0 Å². The summed E-state index contributed by atoms with van der Waals surface area (Å²) in [6, 6.07) is 1.59. The normalized spacial score (nSPS) is 14.0. The fourth-order valence-electron chi connectivity index (χ4n) is 2.69. The minimum atomic E-state index is -0.842. The zero-order valence-corrected chi connectivity index (χ0v) is 13.7. The Labute approximate surface area is 127 Å². The molecule has 0 aromatic heterocycles. The molecule has 4 heteroatoms. The molecule has 0 radical (unpaired) electrons. The molecule has 0 aliphatic heterocycles. The summed E-state index contributed by atoms with van der Waals surface area (Å²) in [7, 11) is 0. The number of carboxylic acid groups (broad SMARTS) is 1. The summed E-state index contributed by atoms with van der Waals surface area (Å²) >= 11 is 0. The molecule has 1 aromatic rings. The topological polar surface area (TPSA) is 69.6 Å². The lowest BCUT2D eigenvalue weighted by Crippen LogP contribution is -2.37. The highest BCUT2D eigenvalue weighted by atomic mass is 16.4. The number of aliphatic hydroxyl groups is 1. The van der Waals surface area contributed by atoms with Crippen LogP contribution in [0, 0.1) is 27.7 Å². The number of benzene rings is 1. The largest absolute Gasteiger partial charge is 0.480 e. The summed E-state index contributed by atoms with van der Waals surface area (Å²) in [6.07, 6.45) is 0.476. The molecule has 1 aromatic carbocycles. The molecule has 0 aliphatic carbocycles. The van der Waals surface area contributed by atoms with Crippen LogP contribution in [0.1, 0.15) is 53.7 Å². The summed E-state index contributed by atoms with van der Waals surface area (Å²) in [5.74, 6) is -0.842. The van der Waals surface area contributed by atoms with E-state index in [1.165, 1.54) is 11.1 Å². The van der Waals surface area contributed by atoms with Crippen molar-refractivity contribution in [1.29, 1.82) is 0 Å². The van der Waals surface area contributed by atoms with Gasteiger partial charge in [-0.3, -0.25) is 4.79 Å². The molecule has 4 nitrogen and oxygen atoms in total. The van der Waals surface area contributed by atoms with Gasteiger partial charge in [-0.1, -0.05) is 13.0 Å². The Balaban J connectivity index is 2.77. The predicted molar refractivity (Wildman–Crippen MR) is 84.7 cm³/mol. The number of carboxylic acids is 1. The molecule has 0 amide bonds. The second kappa shape index (κ2) is 7.57. The van der Waals surface area contributed by atoms with Gasteiger partial charge in [-0.2, -0.15) is 0 Å². The van der Waals surface area contributed by atoms with E-state index in [-0.39, 0.29) is 0 Å². The summed E-state index contributed by atoms with van der Waals surface area (Å²) < 4.78 is 0. The van der Waals surface area contributed by atoms with Crippen molar-refractivity contribution in [2.24, 2.45) is 0 Å². The Bertz CT molecular complexity index is 485. The van der Waals surface area contributed by atoms with Gasteiger partial charge in [0.05, 0.1) is 6.10 Å². The zero-order chi connectivity index (χ0) is 16.2. The molecule has 0 saturated carbocycles. The maximum atomic E-state index is 10.9. The highest BCUT2D eigenvalue weighted by Gasteiger charge is 2.18. The van der Waals surface area contributed by atoms with E-state index in [1.54, 1.807) is 0 Å². The van der Waals surface area contributed by atoms with Gasteiger partial charge >= 0.3 is 5.97 Å². The van der Waals surface area contributed by atoms with Crippen LogP contribution in [-0.2, 0) is 4.79 Å². The number of carbonyl (C=O) groups is 1. The molecule has 118 valence electrons. The van der Waals surface area contributed by atoms with E-state index in [2.05, 4.69) is 11.4 Å². The first kappa shape index (κ1) is 17.7. The quantitative estimate of drug-likeness (QED) is 0.723. The van der Waals surface area contributed by atoms with Crippen LogP contribution in [0.2, 0.25) is 0 Å². The van der Waals surface area contributed by atoms with Crippen molar-refractivity contribution in [3.05, 3.63) is 33.9 Å². The van der Waals surface area contributed by atoms with Crippen LogP contribution < -0.4 is 5.32 Å². The summed E-state index contributed by atoms with van der Waals surface area (Å²) in [4.78, 5) is 10.9. The molecule has 0 bridgehead atoms. The predicted octanol–water partition coefficient (Wildman–Crippen LogP) is 2.80. The van der Waals surface area contributed by atoms with Crippen LogP contribution in [0.3, 0.4) is 0 Å². The molecule has 0 spiro atoms. The molecule has 2 atom stereocenters. The number of hydrogen-bond donors (Lipinski definition) is 3. The Morgan fingerprint density at radius 1 is 1.19 bits per heavy atom. The molecule has 1 rings (SSSR count). The molecule has 0 saturated heterocycles. The average molecular weight is 293 g/mol. The Kier molecular flexibility index (Phi) is 6.37. The third kappa shape index (κ3) is 4.29. The Morgan fingerprint density at radius 2 is 1.71 bits per heavy atom. The van der Waals surface area contributed by atoms with E-state index in [9.17, 15) is 9.90 Å². The van der Waals surface area contributed by atoms with Crippen LogP contribution in [0.4, 0.5) is 0 Å². The molecule has 2 unspecified atom stereocenters. The molecule has 0 aliphatic rings. The fourth-order valence-corrected chi connectivity index (χ4v) is 2.69. The van der Waals surface area contributed by atoms with Crippen molar-refractivity contribution in [2.45, 2.75) is 59.6 Å². The van der Waals surface area contributed by atoms with E-state index in [1.807, 2.05) is 34.6 Å². The van der Waals surface area contributed by atoms with E-state index in [0.717, 1.165) is 16.7 Å². The van der Waals surface area contributed by atoms with Crippen LogP contribution in [0.5, 0.6) is 0 Å². The van der Waals surface area contributed by atoms with E-state index in [4.69, 9.17) is 5.11 Å². The van der Waals surface area contributed by atoms with Crippen molar-refractivity contribution in [3.63, 3.8) is 0 Å². The Morgan fingerprint density at radius 3 is 2.14 bits per heavy atom. The number of aliphatic hydroxyl groups excluding tert-OH is 1. The average Bonchev–Trinajstić information content (AvgIpc) is 2.41. The van der Waals surface area contributed by atoms with Gasteiger partial charge in [0.15, 0.2) is 0 Å². The van der Waals surface area contributed by atoms with Crippen molar-refractivity contribution in [1.82, 2.24) is 5.32 Å². The van der Waals surface area contributed by atoms with Gasteiger partial charge < -0.3 is 15.5 Å². The van der Waals surface area contributed by atoms with Crippen molar-refractivity contribution in [3.8, 4) is 0 Å². The number of rotatable bonds is 7. The summed E-state index contributed by atoms with van der Waals surface area (Å²) in [6.45, 7) is 10.5. The van der Waals surface area contributed by atoms with E-state index < -0.39 is 18.1 Å². The van der Waals surface area contributed by atoms with Gasteiger partial charge in [-0.05, 0) is 74.9 Å². The number of aliphatic carboxylic acids is 1. The van der Waals surface area contributed by atoms with E-state index in [0.29, 0.717) is 19.4 Å². The third-order valence-corrected chi connectivity index (χ3v) is 4.27. The highest BCUT2D eigenvalue weighted by molar-refractivity contribution is 5.73. The number of hydrogen-bond acceptors (Lipinski definition) is 3. The minimum absolute atomic E-state index is 0.484. The van der Waals surface area contributed by atoms with Gasteiger partial charge in [0.1, 0.15) is 6.04 Å². The SMILES string of the molecule is CCC(NCCC(O)c1c(C)c(C)cc(C)c1C)C(=O)O. The zero-order valence-electron chi connectivity index (χ0n) is 13.7. The molecule has 21 heavy (non-hydrogen) atoms. The molecule has 0 heterocycles. The first-order chi connectivity index (χ1) is 9.79. The molecule has 3 N–H and O–H groups in total. The van der Waals surface area contributed by atoms with Crippen molar-refractivity contribution < 1.29 is 15.0 Å². The minimum Gasteiger partial charge on any atom is -0.480 e. The lowest BCUT2D eigenvalue weighted by atomic mass is 9.90. The van der Waals surface area contributed by atoms with Crippen molar-refractivity contribution >= 4 is 5.97 Å². The third-order valence-electron chi connectivity index (χ3n) is 4.27. The molecular weight excluding hydrogens is 266 g/mol. The van der Waals surface area contributed by atoms with Crippen LogP contribution in [-0.4, -0.2) is 28.8 Å². The lowest BCUT2D eigenvalue weighted by Gasteiger charge is -2.21. The summed E-state index contributed by atoms with van der Waals surface area (Å²) in [5, 5.41) is 22.4. The monoisotopic (exact) mass is 293 g/mol. The fraction of sp³-hybridized carbons (Fsp3) is 0.588. The molecular formula is C17H27NO3. The summed E-state index contributed by atoms with van der Waals surface area (Å²) in [5.41, 5.74) is 5.58. The lowest BCUT2D eigenvalue weighted by molar-refractivity contribution is -0.139. The van der Waals surface area contributed by atoms with Gasteiger partial charge in [-0.25, -0.2) is 0 Å². The van der Waals surface area contributed by atoms with Crippen molar-refractivity contribution in [2.75, 3.05) is 6.54 Å². The second-order valence-corrected chi connectivity index (χ2v) is 5.73. The van der Waals surface area contributed by atoms with Gasteiger partial charge in [0, 0.05) is 0 Å². The maximum Gasteiger partial charge on any atom is 0.320 e. The van der Waals surface area contributed by atoms with Crippen LogP contribution in [0.25, 0.3) is 0 Å².